The molecule has 28 heavy (non-hydrogen) atoms. The van der Waals surface area contributed by atoms with Crippen molar-refractivity contribution in [1.29, 1.82) is 0 Å². The van der Waals surface area contributed by atoms with Crippen molar-refractivity contribution in [2.24, 2.45) is 0 Å². The fraction of sp³-hybridized carbons (Fsp3) is 0.190. The molecule has 0 fully saturated rings. The van der Waals surface area contributed by atoms with Crippen LogP contribution in [0.15, 0.2) is 59.6 Å². The summed E-state index contributed by atoms with van der Waals surface area (Å²) in [5.74, 6) is 0.888. The summed E-state index contributed by atoms with van der Waals surface area (Å²) in [6.07, 6.45) is 1.60. The second-order valence-electron chi connectivity index (χ2n) is 6.54. The van der Waals surface area contributed by atoms with Crippen LogP contribution in [0.25, 0.3) is 0 Å². The van der Waals surface area contributed by atoms with Gasteiger partial charge >= 0.3 is 0 Å². The summed E-state index contributed by atoms with van der Waals surface area (Å²) >= 11 is 0. The van der Waals surface area contributed by atoms with Crippen molar-refractivity contribution in [2.45, 2.75) is 25.7 Å². The number of hydrogen-bond acceptors (Lipinski definition) is 5. The van der Waals surface area contributed by atoms with E-state index in [0.29, 0.717) is 5.75 Å². The Morgan fingerprint density at radius 1 is 0.964 bits per heavy atom. The molecule has 3 rings (SSSR count). The largest absolute Gasteiger partial charge is 0.496 e. The van der Waals surface area contributed by atoms with Gasteiger partial charge < -0.3 is 10.1 Å². The van der Waals surface area contributed by atoms with Gasteiger partial charge in [0.05, 0.1) is 23.9 Å². The zero-order valence-electron chi connectivity index (χ0n) is 16.3. The summed E-state index contributed by atoms with van der Waals surface area (Å²) in [6, 6.07) is 14.1. The minimum Gasteiger partial charge on any atom is -0.496 e. The van der Waals surface area contributed by atoms with Crippen LogP contribution in [0.2, 0.25) is 0 Å². The normalized spacial score (nSPS) is 11.1. The SMILES string of the molecule is COc1ccc(S(=O)(=O)Nc2ccc(Nc3cccc(C)c3C)cn2)cc1C. The summed E-state index contributed by atoms with van der Waals surface area (Å²) in [5, 5.41) is 3.30. The van der Waals surface area contributed by atoms with Crippen LogP contribution >= 0.6 is 0 Å². The molecule has 1 aromatic heterocycles. The molecule has 0 saturated carbocycles. The molecular weight excluding hydrogens is 374 g/mol. The minimum absolute atomic E-state index is 0.158. The molecule has 0 radical (unpaired) electrons. The zero-order chi connectivity index (χ0) is 20.3. The number of sulfonamides is 1. The maximum absolute atomic E-state index is 12.6. The smallest absolute Gasteiger partial charge is 0.263 e. The summed E-state index contributed by atoms with van der Waals surface area (Å²) in [6.45, 7) is 5.89. The summed E-state index contributed by atoms with van der Waals surface area (Å²) in [4.78, 5) is 4.37. The first-order valence-electron chi connectivity index (χ1n) is 8.77. The Hall–Kier alpha value is -3.06. The first-order chi connectivity index (χ1) is 13.3. The number of nitrogens with zero attached hydrogens (tertiary/aromatic N) is 1. The highest BCUT2D eigenvalue weighted by molar-refractivity contribution is 7.92. The predicted octanol–water partition coefficient (Wildman–Crippen LogP) is 4.56. The van der Waals surface area contributed by atoms with Crippen LogP contribution in [0, 0.1) is 20.8 Å². The number of methoxy groups -OCH3 is 1. The van der Waals surface area contributed by atoms with Gasteiger partial charge in [0.25, 0.3) is 10.0 Å². The highest BCUT2D eigenvalue weighted by atomic mass is 32.2. The van der Waals surface area contributed by atoms with Crippen molar-refractivity contribution >= 4 is 27.2 Å². The van der Waals surface area contributed by atoms with Crippen molar-refractivity contribution in [1.82, 2.24) is 4.98 Å². The van der Waals surface area contributed by atoms with Gasteiger partial charge in [0.1, 0.15) is 11.6 Å². The molecule has 0 aliphatic heterocycles. The van der Waals surface area contributed by atoms with Crippen LogP contribution in [0.4, 0.5) is 17.2 Å². The number of nitrogens with one attached hydrogen (secondary N) is 2. The first-order valence-corrected chi connectivity index (χ1v) is 10.3. The third-order valence-electron chi connectivity index (χ3n) is 4.56. The Morgan fingerprint density at radius 2 is 1.75 bits per heavy atom. The number of benzene rings is 2. The number of rotatable bonds is 6. The predicted molar refractivity (Wildman–Crippen MR) is 112 cm³/mol. The average Bonchev–Trinajstić information content (AvgIpc) is 2.66. The average molecular weight is 398 g/mol. The van der Waals surface area contributed by atoms with E-state index in [1.807, 2.05) is 19.1 Å². The Balaban J connectivity index is 1.76. The quantitative estimate of drug-likeness (QED) is 0.637. The molecule has 0 bridgehead atoms. The fourth-order valence-electron chi connectivity index (χ4n) is 2.78. The fourth-order valence-corrected chi connectivity index (χ4v) is 3.88. The third kappa shape index (κ3) is 4.26. The Labute approximate surface area is 165 Å². The monoisotopic (exact) mass is 397 g/mol. The number of aryl methyl sites for hydroxylation is 2. The van der Waals surface area contributed by atoms with Crippen LogP contribution in [0.5, 0.6) is 5.75 Å². The number of hydrogen-bond donors (Lipinski definition) is 2. The summed E-state index contributed by atoms with van der Waals surface area (Å²) in [7, 11) is -2.19. The molecule has 2 aromatic carbocycles. The third-order valence-corrected chi connectivity index (χ3v) is 5.92. The lowest BCUT2D eigenvalue weighted by molar-refractivity contribution is 0.411. The van der Waals surface area contributed by atoms with Crippen molar-refractivity contribution in [2.75, 3.05) is 17.1 Å². The van der Waals surface area contributed by atoms with Gasteiger partial charge in [0.15, 0.2) is 0 Å². The highest BCUT2D eigenvalue weighted by Gasteiger charge is 2.16. The van der Waals surface area contributed by atoms with Gasteiger partial charge in [0.2, 0.25) is 0 Å². The molecule has 2 N–H and O–H groups in total. The van der Waals surface area contributed by atoms with E-state index in [9.17, 15) is 8.42 Å². The second-order valence-corrected chi connectivity index (χ2v) is 8.22. The summed E-state index contributed by atoms with van der Waals surface area (Å²) in [5.41, 5.74) is 4.85. The lowest BCUT2D eigenvalue weighted by Crippen LogP contribution is -2.14. The van der Waals surface area contributed by atoms with Gasteiger partial charge in [-0.1, -0.05) is 12.1 Å². The number of ether oxygens (including phenoxy) is 1. The molecular formula is C21H23N3O3S. The second kappa shape index (κ2) is 7.90. The first kappa shape index (κ1) is 19.7. The van der Waals surface area contributed by atoms with E-state index < -0.39 is 10.0 Å². The van der Waals surface area contributed by atoms with Gasteiger partial charge in [-0.05, 0) is 73.9 Å². The molecule has 3 aromatic rings. The topological polar surface area (TPSA) is 80.3 Å². The molecule has 1 heterocycles. The van der Waals surface area contributed by atoms with Gasteiger partial charge in [-0.2, -0.15) is 0 Å². The molecule has 0 atom stereocenters. The maximum Gasteiger partial charge on any atom is 0.263 e. The van der Waals surface area contributed by atoms with Crippen molar-refractivity contribution in [3.8, 4) is 5.75 Å². The van der Waals surface area contributed by atoms with Gasteiger partial charge in [-0.15, -0.1) is 0 Å². The molecule has 0 saturated heterocycles. The maximum atomic E-state index is 12.6. The molecule has 146 valence electrons. The van der Waals surface area contributed by atoms with Crippen LogP contribution in [0.3, 0.4) is 0 Å². The Kier molecular flexibility index (Phi) is 5.56. The minimum atomic E-state index is -3.73. The highest BCUT2D eigenvalue weighted by Crippen LogP contribution is 2.25. The van der Waals surface area contributed by atoms with Gasteiger partial charge in [0, 0.05) is 5.69 Å². The van der Waals surface area contributed by atoms with Crippen molar-refractivity contribution in [3.63, 3.8) is 0 Å². The van der Waals surface area contributed by atoms with Crippen LogP contribution in [0.1, 0.15) is 16.7 Å². The lowest BCUT2D eigenvalue weighted by Gasteiger charge is -2.12. The summed E-state index contributed by atoms with van der Waals surface area (Å²) < 4.78 is 32.9. The molecule has 0 aliphatic carbocycles. The number of aromatic nitrogens is 1. The molecule has 0 aliphatic rings. The standard InChI is InChI=1S/C21H23N3O3S/c1-14-6-5-7-19(16(14)3)23-17-8-11-21(22-13-17)24-28(25,26)18-9-10-20(27-4)15(2)12-18/h5-13,23H,1-4H3,(H,22,24). The van der Waals surface area contributed by atoms with E-state index in [0.717, 1.165) is 22.5 Å². The van der Waals surface area contributed by atoms with E-state index in [1.165, 1.54) is 11.6 Å². The van der Waals surface area contributed by atoms with E-state index in [4.69, 9.17) is 4.74 Å². The zero-order valence-corrected chi connectivity index (χ0v) is 17.1. The van der Waals surface area contributed by atoms with E-state index in [1.54, 1.807) is 44.5 Å². The number of anilines is 3. The molecule has 0 spiro atoms. The number of pyridine rings is 1. The Bertz CT molecular complexity index is 1090. The molecule has 0 amide bonds. The molecule has 6 nitrogen and oxygen atoms in total. The van der Waals surface area contributed by atoms with E-state index in [2.05, 4.69) is 28.0 Å². The van der Waals surface area contributed by atoms with Crippen LogP contribution < -0.4 is 14.8 Å². The van der Waals surface area contributed by atoms with Gasteiger partial charge in [-0.3, -0.25) is 4.72 Å². The van der Waals surface area contributed by atoms with Crippen molar-refractivity contribution in [3.05, 3.63) is 71.4 Å². The van der Waals surface area contributed by atoms with E-state index >= 15 is 0 Å². The van der Waals surface area contributed by atoms with Crippen LogP contribution in [-0.4, -0.2) is 20.5 Å². The lowest BCUT2D eigenvalue weighted by atomic mass is 10.1. The van der Waals surface area contributed by atoms with E-state index in [-0.39, 0.29) is 10.7 Å². The van der Waals surface area contributed by atoms with Crippen LogP contribution in [-0.2, 0) is 10.0 Å². The Morgan fingerprint density at radius 3 is 2.39 bits per heavy atom. The van der Waals surface area contributed by atoms with Crippen molar-refractivity contribution < 1.29 is 13.2 Å². The molecule has 7 heteroatoms. The van der Waals surface area contributed by atoms with Gasteiger partial charge in [-0.25, -0.2) is 13.4 Å². The molecule has 0 unspecified atom stereocenters.